The molecule has 1 N–H and O–H groups in total. The number of hydrogen-bond donors (Lipinski definition) is 1. The standard InChI is InChI=1S/C21H27N5O/c1-3-25(4-2)15-16-26-19-11-6-5-10-18(19)23-21(26)24-20(27)13-12-17-9-7-8-14-22-17/h5-11,14H,3-4,12-13,15-16H2,1-2H3,(H,23,24,27). The molecule has 1 amide bonds. The average molecular weight is 365 g/mol. The fourth-order valence-corrected chi connectivity index (χ4v) is 3.15. The van der Waals surface area contributed by atoms with Gasteiger partial charge in [-0.05, 0) is 43.8 Å². The summed E-state index contributed by atoms with van der Waals surface area (Å²) in [4.78, 5) is 23.7. The Balaban J connectivity index is 1.72. The molecule has 27 heavy (non-hydrogen) atoms. The van der Waals surface area contributed by atoms with Gasteiger partial charge in [0, 0.05) is 31.4 Å². The van der Waals surface area contributed by atoms with Gasteiger partial charge in [0.05, 0.1) is 11.0 Å². The number of aromatic nitrogens is 3. The average Bonchev–Trinajstić information content (AvgIpc) is 3.05. The summed E-state index contributed by atoms with van der Waals surface area (Å²) in [5.74, 6) is 0.578. The fraction of sp³-hybridized carbons (Fsp3) is 0.381. The summed E-state index contributed by atoms with van der Waals surface area (Å²) in [5.41, 5.74) is 2.87. The van der Waals surface area contributed by atoms with Crippen molar-refractivity contribution in [2.24, 2.45) is 0 Å². The largest absolute Gasteiger partial charge is 0.309 e. The number of amides is 1. The molecule has 142 valence electrons. The number of likely N-dealkylation sites (N-methyl/N-ethyl adjacent to an activating group) is 1. The number of carbonyl (C=O) groups excluding carboxylic acids is 1. The van der Waals surface area contributed by atoms with Crippen molar-refractivity contribution in [2.75, 3.05) is 25.0 Å². The second-order valence-electron chi connectivity index (χ2n) is 6.47. The summed E-state index contributed by atoms with van der Waals surface area (Å²) in [6, 6.07) is 13.8. The van der Waals surface area contributed by atoms with Crippen LogP contribution in [0.2, 0.25) is 0 Å². The van der Waals surface area contributed by atoms with Crippen LogP contribution >= 0.6 is 0 Å². The number of carbonyl (C=O) groups is 1. The molecule has 6 heteroatoms. The summed E-state index contributed by atoms with van der Waals surface area (Å²) in [6.45, 7) is 8.05. The molecule has 2 aromatic heterocycles. The van der Waals surface area contributed by atoms with Crippen molar-refractivity contribution in [3.8, 4) is 0 Å². The van der Waals surface area contributed by atoms with E-state index in [-0.39, 0.29) is 5.91 Å². The number of anilines is 1. The topological polar surface area (TPSA) is 63.0 Å². The highest BCUT2D eigenvalue weighted by Gasteiger charge is 2.14. The smallest absolute Gasteiger partial charge is 0.227 e. The number of nitrogens with one attached hydrogen (secondary N) is 1. The van der Waals surface area contributed by atoms with Crippen molar-refractivity contribution in [2.45, 2.75) is 33.2 Å². The number of para-hydroxylation sites is 2. The number of nitrogens with zero attached hydrogens (tertiary/aromatic N) is 4. The number of rotatable bonds is 9. The third-order valence-electron chi connectivity index (χ3n) is 4.77. The number of hydrogen-bond acceptors (Lipinski definition) is 4. The number of pyridine rings is 1. The van der Waals surface area contributed by atoms with Crippen LogP contribution in [0, 0.1) is 0 Å². The van der Waals surface area contributed by atoms with E-state index in [1.165, 1.54) is 0 Å². The zero-order valence-corrected chi connectivity index (χ0v) is 16.1. The molecule has 0 radical (unpaired) electrons. The Labute approximate surface area is 160 Å². The van der Waals surface area contributed by atoms with E-state index >= 15 is 0 Å². The van der Waals surface area contributed by atoms with Crippen molar-refractivity contribution < 1.29 is 4.79 Å². The maximum Gasteiger partial charge on any atom is 0.227 e. The van der Waals surface area contributed by atoms with Crippen LogP contribution in [-0.4, -0.2) is 45.0 Å². The second-order valence-corrected chi connectivity index (χ2v) is 6.47. The van der Waals surface area contributed by atoms with Gasteiger partial charge in [-0.1, -0.05) is 32.0 Å². The van der Waals surface area contributed by atoms with Gasteiger partial charge in [0.2, 0.25) is 11.9 Å². The van der Waals surface area contributed by atoms with Gasteiger partial charge in [-0.3, -0.25) is 15.1 Å². The normalized spacial score (nSPS) is 11.2. The molecule has 0 bridgehead atoms. The monoisotopic (exact) mass is 365 g/mol. The highest BCUT2D eigenvalue weighted by Crippen LogP contribution is 2.20. The third kappa shape index (κ3) is 4.92. The zero-order valence-electron chi connectivity index (χ0n) is 16.1. The van der Waals surface area contributed by atoms with Gasteiger partial charge < -0.3 is 9.47 Å². The molecule has 0 fully saturated rings. The molecule has 0 unspecified atom stereocenters. The maximum atomic E-state index is 12.5. The molecule has 0 saturated carbocycles. The van der Waals surface area contributed by atoms with Crippen LogP contribution in [0.4, 0.5) is 5.95 Å². The fourth-order valence-electron chi connectivity index (χ4n) is 3.15. The minimum Gasteiger partial charge on any atom is -0.309 e. The molecule has 0 atom stereocenters. The van der Waals surface area contributed by atoms with E-state index in [4.69, 9.17) is 0 Å². The quantitative estimate of drug-likeness (QED) is 0.632. The lowest BCUT2D eigenvalue weighted by atomic mass is 10.2. The van der Waals surface area contributed by atoms with Crippen LogP contribution in [0.1, 0.15) is 26.0 Å². The van der Waals surface area contributed by atoms with Gasteiger partial charge in [0.15, 0.2) is 0 Å². The van der Waals surface area contributed by atoms with Crippen molar-refractivity contribution in [1.82, 2.24) is 19.4 Å². The lowest BCUT2D eigenvalue weighted by molar-refractivity contribution is -0.116. The highest BCUT2D eigenvalue weighted by molar-refractivity contribution is 5.91. The van der Waals surface area contributed by atoms with Crippen molar-refractivity contribution in [3.05, 3.63) is 54.4 Å². The first-order valence-electron chi connectivity index (χ1n) is 9.58. The van der Waals surface area contributed by atoms with E-state index in [0.29, 0.717) is 18.8 Å². The molecule has 0 aliphatic carbocycles. The van der Waals surface area contributed by atoms with Gasteiger partial charge in [-0.15, -0.1) is 0 Å². The summed E-state index contributed by atoms with van der Waals surface area (Å²) in [7, 11) is 0. The summed E-state index contributed by atoms with van der Waals surface area (Å²) in [5, 5.41) is 3.00. The Morgan fingerprint density at radius 3 is 2.63 bits per heavy atom. The van der Waals surface area contributed by atoms with Crippen molar-refractivity contribution in [3.63, 3.8) is 0 Å². The molecule has 2 heterocycles. The second kappa shape index (κ2) is 9.28. The minimum absolute atomic E-state index is 0.0416. The van der Waals surface area contributed by atoms with Gasteiger partial charge in [0.1, 0.15) is 0 Å². The first-order valence-corrected chi connectivity index (χ1v) is 9.58. The van der Waals surface area contributed by atoms with E-state index in [2.05, 4.69) is 38.6 Å². The van der Waals surface area contributed by atoms with E-state index in [0.717, 1.165) is 42.9 Å². The Morgan fingerprint density at radius 1 is 1.11 bits per heavy atom. The molecule has 3 rings (SSSR count). The Bertz CT molecular complexity index is 871. The van der Waals surface area contributed by atoms with E-state index < -0.39 is 0 Å². The van der Waals surface area contributed by atoms with Gasteiger partial charge >= 0.3 is 0 Å². The summed E-state index contributed by atoms with van der Waals surface area (Å²) < 4.78 is 2.10. The number of fused-ring (bicyclic) bond motifs is 1. The number of imidazole rings is 1. The van der Waals surface area contributed by atoms with Gasteiger partial charge in [-0.25, -0.2) is 4.98 Å². The molecule has 1 aromatic carbocycles. The van der Waals surface area contributed by atoms with Crippen LogP contribution < -0.4 is 5.32 Å². The van der Waals surface area contributed by atoms with Gasteiger partial charge in [-0.2, -0.15) is 0 Å². The first-order chi connectivity index (χ1) is 13.2. The molecule has 0 aliphatic heterocycles. The molecule has 0 saturated heterocycles. The Kier molecular flexibility index (Phi) is 6.54. The molecule has 0 aliphatic rings. The van der Waals surface area contributed by atoms with Crippen molar-refractivity contribution in [1.29, 1.82) is 0 Å². The maximum absolute atomic E-state index is 12.5. The zero-order chi connectivity index (χ0) is 19.1. The first kappa shape index (κ1) is 19.0. The molecule has 6 nitrogen and oxygen atoms in total. The van der Waals surface area contributed by atoms with E-state index in [1.807, 2.05) is 42.5 Å². The van der Waals surface area contributed by atoms with E-state index in [9.17, 15) is 4.79 Å². The number of aryl methyl sites for hydroxylation is 1. The van der Waals surface area contributed by atoms with Crippen LogP contribution in [-0.2, 0) is 17.8 Å². The molecular formula is C21H27N5O. The predicted octanol–water partition coefficient (Wildman–Crippen LogP) is 3.34. The van der Waals surface area contributed by atoms with Crippen LogP contribution in [0.15, 0.2) is 48.7 Å². The van der Waals surface area contributed by atoms with E-state index in [1.54, 1.807) is 6.20 Å². The third-order valence-corrected chi connectivity index (χ3v) is 4.77. The van der Waals surface area contributed by atoms with Crippen LogP contribution in [0.25, 0.3) is 11.0 Å². The minimum atomic E-state index is -0.0416. The van der Waals surface area contributed by atoms with Crippen LogP contribution in [0.5, 0.6) is 0 Å². The Hall–Kier alpha value is -2.73. The molecular weight excluding hydrogens is 338 g/mol. The predicted molar refractivity (Wildman–Crippen MR) is 109 cm³/mol. The SMILES string of the molecule is CCN(CC)CCn1c(NC(=O)CCc2ccccn2)nc2ccccc21. The lowest BCUT2D eigenvalue weighted by Crippen LogP contribution is -2.27. The lowest BCUT2D eigenvalue weighted by Gasteiger charge is -2.19. The van der Waals surface area contributed by atoms with Crippen LogP contribution in [0.3, 0.4) is 0 Å². The summed E-state index contributed by atoms with van der Waals surface area (Å²) >= 11 is 0. The molecule has 3 aromatic rings. The number of benzene rings is 1. The molecule has 0 spiro atoms. The van der Waals surface area contributed by atoms with Crippen molar-refractivity contribution >= 4 is 22.9 Å². The van der Waals surface area contributed by atoms with Gasteiger partial charge in [0.25, 0.3) is 0 Å². The summed E-state index contributed by atoms with van der Waals surface area (Å²) in [6.07, 6.45) is 2.75. The Morgan fingerprint density at radius 2 is 1.89 bits per heavy atom. The highest BCUT2D eigenvalue weighted by atomic mass is 16.1.